The molecule has 8 heteroatoms. The number of methoxy groups -OCH3 is 1. The van der Waals surface area contributed by atoms with Crippen LogP contribution in [0.1, 0.15) is 37.8 Å². The largest absolute Gasteiger partial charge is 0.497 e. The lowest BCUT2D eigenvalue weighted by Gasteiger charge is -2.35. The molecule has 0 spiro atoms. The van der Waals surface area contributed by atoms with Crippen LogP contribution in [-0.2, 0) is 0 Å². The van der Waals surface area contributed by atoms with E-state index in [4.69, 9.17) is 9.26 Å². The number of ether oxygens (including phenoxy) is 1. The van der Waals surface area contributed by atoms with Gasteiger partial charge in [-0.3, -0.25) is 4.90 Å². The van der Waals surface area contributed by atoms with Crippen LogP contribution in [0, 0.1) is 0 Å². The van der Waals surface area contributed by atoms with E-state index in [2.05, 4.69) is 15.5 Å². The van der Waals surface area contributed by atoms with E-state index in [1.54, 1.807) is 23.8 Å². The molecule has 166 valence electrons. The number of benzene rings is 2. The molecule has 4 rings (SSSR count). The molecule has 2 heterocycles. The topological polar surface area (TPSA) is 80.5 Å². The van der Waals surface area contributed by atoms with Gasteiger partial charge in [-0.25, -0.2) is 4.79 Å². The first-order valence-corrected chi connectivity index (χ1v) is 11.7. The minimum absolute atomic E-state index is 0.123. The molecule has 1 aliphatic heterocycles. The summed E-state index contributed by atoms with van der Waals surface area (Å²) in [5, 5.41) is 7.33. The van der Waals surface area contributed by atoms with Gasteiger partial charge in [-0.05, 0) is 61.6 Å². The molecule has 2 amide bonds. The third-order valence-corrected chi connectivity index (χ3v) is 6.24. The number of hydrogen-bond donors (Lipinski definition) is 1. The van der Waals surface area contributed by atoms with Gasteiger partial charge in [0.15, 0.2) is 0 Å². The Bertz CT molecular complexity index is 1120. The van der Waals surface area contributed by atoms with Crippen molar-refractivity contribution in [1.82, 2.24) is 20.4 Å². The highest BCUT2D eigenvalue weighted by Gasteiger charge is 2.35. The molecule has 1 aliphatic rings. The van der Waals surface area contributed by atoms with Crippen LogP contribution < -0.4 is 10.1 Å². The van der Waals surface area contributed by atoms with E-state index < -0.39 is 0 Å². The van der Waals surface area contributed by atoms with E-state index in [-0.39, 0.29) is 12.1 Å². The minimum atomic E-state index is -0.379. The molecule has 1 unspecified atom stereocenters. The van der Waals surface area contributed by atoms with Crippen LogP contribution in [0.4, 0.5) is 4.79 Å². The van der Waals surface area contributed by atoms with Crippen molar-refractivity contribution < 1.29 is 14.1 Å². The van der Waals surface area contributed by atoms with Gasteiger partial charge >= 0.3 is 6.03 Å². The fourth-order valence-electron chi connectivity index (χ4n) is 3.79. The molecule has 7 nitrogen and oxygen atoms in total. The highest BCUT2D eigenvalue weighted by Crippen LogP contribution is 2.37. The zero-order valence-corrected chi connectivity index (χ0v) is 19.4. The average Bonchev–Trinajstić information content (AvgIpc) is 3.31. The molecule has 0 saturated heterocycles. The van der Waals surface area contributed by atoms with E-state index >= 15 is 0 Å². The van der Waals surface area contributed by atoms with E-state index in [0.29, 0.717) is 18.3 Å². The highest BCUT2D eigenvalue weighted by molar-refractivity contribution is 7.98. The molecule has 1 aromatic heterocycles. The lowest BCUT2D eigenvalue weighted by molar-refractivity contribution is 0.205. The van der Waals surface area contributed by atoms with Crippen molar-refractivity contribution >= 4 is 23.4 Å². The number of rotatable bonds is 7. The number of aromatic nitrogens is 2. The lowest BCUT2D eigenvalue weighted by atomic mass is 9.94. The first-order chi connectivity index (χ1) is 15.5. The normalized spacial score (nSPS) is 16.3. The summed E-state index contributed by atoms with van der Waals surface area (Å²) in [4.78, 5) is 20.4. The molecular weight excluding hydrogens is 424 g/mol. The first kappa shape index (κ1) is 22.0. The van der Waals surface area contributed by atoms with Gasteiger partial charge in [0.1, 0.15) is 5.75 Å². The summed E-state index contributed by atoms with van der Waals surface area (Å²) >= 11 is 1.68. The van der Waals surface area contributed by atoms with E-state index in [1.807, 2.05) is 68.6 Å². The number of nitrogens with one attached hydrogen (secondary N) is 1. The molecular formula is C24H26N4O3S. The van der Waals surface area contributed by atoms with Gasteiger partial charge in [0.05, 0.1) is 18.7 Å². The second-order valence-electron chi connectivity index (χ2n) is 7.46. The van der Waals surface area contributed by atoms with Crippen LogP contribution in [0.2, 0.25) is 0 Å². The molecule has 0 aliphatic carbocycles. The summed E-state index contributed by atoms with van der Waals surface area (Å²) < 4.78 is 10.9. The molecule has 0 saturated carbocycles. The maximum atomic E-state index is 12.9. The van der Waals surface area contributed by atoms with Gasteiger partial charge in [-0.15, -0.1) is 11.8 Å². The fourth-order valence-corrected chi connectivity index (χ4v) is 4.20. The Morgan fingerprint density at radius 2 is 1.88 bits per heavy atom. The molecule has 3 aromatic rings. The Morgan fingerprint density at radius 3 is 2.50 bits per heavy atom. The predicted octanol–water partition coefficient (Wildman–Crippen LogP) is 5.37. The number of urea groups is 1. The summed E-state index contributed by atoms with van der Waals surface area (Å²) in [6.07, 6.45) is 2.88. The Kier molecular flexibility index (Phi) is 6.50. The maximum absolute atomic E-state index is 12.9. The van der Waals surface area contributed by atoms with Crippen LogP contribution in [0.5, 0.6) is 5.75 Å². The van der Waals surface area contributed by atoms with Crippen LogP contribution in [0.15, 0.2) is 63.6 Å². The van der Waals surface area contributed by atoms with Gasteiger partial charge in [-0.1, -0.05) is 24.2 Å². The number of hydrogen-bond acceptors (Lipinski definition) is 6. The summed E-state index contributed by atoms with van der Waals surface area (Å²) in [5.74, 6) is 1.64. The number of allylic oxidation sites excluding steroid dienone is 1. The quantitative estimate of drug-likeness (QED) is 0.487. The van der Waals surface area contributed by atoms with Gasteiger partial charge in [0.2, 0.25) is 5.82 Å². The van der Waals surface area contributed by atoms with Crippen molar-refractivity contribution in [3.63, 3.8) is 0 Å². The zero-order valence-electron chi connectivity index (χ0n) is 18.6. The number of amides is 2. The monoisotopic (exact) mass is 450 g/mol. The fraction of sp³-hybridized carbons (Fsp3) is 0.292. The smallest absolute Gasteiger partial charge is 0.322 e. The van der Waals surface area contributed by atoms with Gasteiger partial charge in [0.25, 0.3) is 5.89 Å². The predicted molar refractivity (Wildman–Crippen MR) is 125 cm³/mol. The maximum Gasteiger partial charge on any atom is 0.322 e. The zero-order chi connectivity index (χ0) is 22.7. The number of carbonyl (C=O) groups excluding carboxylic acids is 1. The summed E-state index contributed by atoms with van der Waals surface area (Å²) in [6, 6.07) is 15.1. The minimum Gasteiger partial charge on any atom is -0.497 e. The van der Waals surface area contributed by atoms with Crippen LogP contribution in [-0.4, -0.2) is 41.0 Å². The molecule has 1 atom stereocenters. The molecule has 32 heavy (non-hydrogen) atoms. The van der Waals surface area contributed by atoms with Crippen molar-refractivity contribution in [1.29, 1.82) is 0 Å². The molecule has 2 aromatic carbocycles. The SMILES string of the molecule is CCCN1C(=O)NC(c2ccc(SC)cc2)C(c2nc(-c3ccc(OC)cc3)no2)=C1C. The summed E-state index contributed by atoms with van der Waals surface area (Å²) in [6.45, 7) is 4.59. The van der Waals surface area contributed by atoms with Crippen LogP contribution in [0.3, 0.4) is 0 Å². The van der Waals surface area contributed by atoms with Crippen molar-refractivity contribution in [3.05, 3.63) is 65.7 Å². The summed E-state index contributed by atoms with van der Waals surface area (Å²) in [7, 11) is 1.63. The third kappa shape index (κ3) is 4.23. The second-order valence-corrected chi connectivity index (χ2v) is 8.34. The standard InChI is InChI=1S/C24H26N4O3S/c1-5-14-28-15(2)20(21(25-24(28)29)16-8-12-19(32-4)13-9-16)23-26-22(27-31-23)17-6-10-18(30-3)11-7-17/h6-13,21H,5,14H2,1-4H3,(H,25,29). The van der Waals surface area contributed by atoms with Crippen LogP contribution in [0.25, 0.3) is 17.0 Å². The number of carbonyl (C=O) groups is 1. The van der Waals surface area contributed by atoms with Gasteiger partial charge < -0.3 is 14.6 Å². The van der Waals surface area contributed by atoms with Crippen molar-refractivity contribution in [2.75, 3.05) is 19.9 Å². The van der Waals surface area contributed by atoms with Crippen molar-refractivity contribution in [3.8, 4) is 17.1 Å². The van der Waals surface area contributed by atoms with Gasteiger partial charge in [0, 0.05) is 22.7 Å². The number of nitrogens with zero attached hydrogens (tertiary/aromatic N) is 3. The average molecular weight is 451 g/mol. The second kappa shape index (κ2) is 9.48. The Labute approximate surface area is 191 Å². The van der Waals surface area contributed by atoms with E-state index in [1.165, 1.54) is 0 Å². The van der Waals surface area contributed by atoms with E-state index in [0.717, 1.165) is 39.5 Å². The lowest BCUT2D eigenvalue weighted by Crippen LogP contribution is -2.46. The molecule has 0 bridgehead atoms. The Balaban J connectivity index is 1.77. The molecule has 0 fully saturated rings. The number of thioether (sulfide) groups is 1. The van der Waals surface area contributed by atoms with Crippen LogP contribution >= 0.6 is 11.8 Å². The van der Waals surface area contributed by atoms with Crippen molar-refractivity contribution in [2.24, 2.45) is 0 Å². The Hall–Kier alpha value is -3.26. The first-order valence-electron chi connectivity index (χ1n) is 10.5. The third-order valence-electron chi connectivity index (χ3n) is 5.50. The molecule has 1 N–H and O–H groups in total. The van der Waals surface area contributed by atoms with Gasteiger partial charge in [-0.2, -0.15) is 4.98 Å². The summed E-state index contributed by atoms with van der Waals surface area (Å²) in [5.41, 5.74) is 3.41. The van der Waals surface area contributed by atoms with E-state index in [9.17, 15) is 4.79 Å². The highest BCUT2D eigenvalue weighted by atomic mass is 32.2. The Morgan fingerprint density at radius 1 is 1.16 bits per heavy atom. The molecule has 0 radical (unpaired) electrons. The van der Waals surface area contributed by atoms with Crippen molar-refractivity contribution in [2.45, 2.75) is 31.2 Å².